The number of aliphatic hydroxyl groups excluding tert-OH is 1. The lowest BCUT2D eigenvalue weighted by atomic mass is 10.0. The highest BCUT2D eigenvalue weighted by Crippen LogP contribution is 2.30. The summed E-state index contributed by atoms with van der Waals surface area (Å²) in [6, 6.07) is 1.84. The number of rotatable bonds is 3. The molecule has 0 saturated carbocycles. The number of carbonyl (C=O) groups excluding carboxylic acids is 1. The molecular weight excluding hydrogens is 256 g/mol. The predicted octanol–water partition coefficient (Wildman–Crippen LogP) is 1.92. The minimum atomic E-state index is -4.69. The summed E-state index contributed by atoms with van der Waals surface area (Å²) >= 11 is 0. The summed E-state index contributed by atoms with van der Waals surface area (Å²) in [5.41, 5.74) is -1.31. The van der Waals surface area contributed by atoms with Crippen LogP contribution in [0.2, 0.25) is 0 Å². The van der Waals surface area contributed by atoms with Crippen LogP contribution < -0.4 is 0 Å². The summed E-state index contributed by atoms with van der Waals surface area (Å²) in [6.45, 7) is 0. The standard InChI is InChI=1S/C11H10F4O3/c1-18-10(17)9(16)4-6-2-7(11(13,14)15)5-8(12)3-6/h2-3,5,9,16H,4H2,1H3. The van der Waals surface area contributed by atoms with Crippen LogP contribution in [-0.4, -0.2) is 24.3 Å². The van der Waals surface area contributed by atoms with Gasteiger partial charge in [-0.25, -0.2) is 9.18 Å². The summed E-state index contributed by atoms with van der Waals surface area (Å²) in [5.74, 6) is -2.08. The highest BCUT2D eigenvalue weighted by atomic mass is 19.4. The lowest BCUT2D eigenvalue weighted by Crippen LogP contribution is -2.24. The van der Waals surface area contributed by atoms with E-state index in [2.05, 4.69) is 4.74 Å². The number of aliphatic hydroxyl groups is 1. The van der Waals surface area contributed by atoms with Gasteiger partial charge in [0.1, 0.15) is 5.82 Å². The van der Waals surface area contributed by atoms with E-state index in [-0.39, 0.29) is 5.56 Å². The van der Waals surface area contributed by atoms with E-state index in [1.807, 2.05) is 0 Å². The Labute approximate surface area is 100.0 Å². The molecule has 1 unspecified atom stereocenters. The monoisotopic (exact) mass is 266 g/mol. The molecule has 0 bridgehead atoms. The Hall–Kier alpha value is -1.63. The number of halogens is 4. The molecule has 0 aliphatic carbocycles. The molecule has 1 N–H and O–H groups in total. The normalized spacial score (nSPS) is 13.2. The van der Waals surface area contributed by atoms with E-state index in [1.54, 1.807) is 0 Å². The number of esters is 1. The Morgan fingerprint density at radius 3 is 2.50 bits per heavy atom. The molecule has 3 nitrogen and oxygen atoms in total. The molecule has 1 aromatic carbocycles. The molecule has 0 heterocycles. The predicted molar refractivity (Wildman–Crippen MR) is 53.1 cm³/mol. The second kappa shape index (κ2) is 5.34. The Morgan fingerprint density at radius 1 is 1.39 bits per heavy atom. The fourth-order valence-corrected chi connectivity index (χ4v) is 1.37. The summed E-state index contributed by atoms with van der Waals surface area (Å²) in [5, 5.41) is 9.28. The van der Waals surface area contributed by atoms with Gasteiger partial charge in [-0.3, -0.25) is 0 Å². The van der Waals surface area contributed by atoms with Gasteiger partial charge in [-0.15, -0.1) is 0 Å². The Kier molecular flexibility index (Phi) is 4.28. The molecule has 18 heavy (non-hydrogen) atoms. The molecule has 0 aromatic heterocycles. The minimum Gasteiger partial charge on any atom is -0.467 e. The summed E-state index contributed by atoms with van der Waals surface area (Å²) in [4.78, 5) is 10.9. The van der Waals surface area contributed by atoms with E-state index in [4.69, 9.17) is 0 Å². The number of ether oxygens (including phenoxy) is 1. The van der Waals surface area contributed by atoms with Gasteiger partial charge in [0.05, 0.1) is 12.7 Å². The fourth-order valence-electron chi connectivity index (χ4n) is 1.37. The SMILES string of the molecule is COC(=O)C(O)Cc1cc(F)cc(C(F)(F)F)c1. The van der Waals surface area contributed by atoms with Crippen LogP contribution in [0.5, 0.6) is 0 Å². The molecule has 0 aliphatic heterocycles. The van der Waals surface area contributed by atoms with Crippen molar-refractivity contribution in [2.45, 2.75) is 18.7 Å². The number of alkyl halides is 3. The van der Waals surface area contributed by atoms with E-state index in [9.17, 15) is 27.5 Å². The van der Waals surface area contributed by atoms with E-state index in [0.29, 0.717) is 12.1 Å². The maximum absolute atomic E-state index is 13.0. The largest absolute Gasteiger partial charge is 0.467 e. The fraction of sp³-hybridized carbons (Fsp3) is 0.364. The van der Waals surface area contributed by atoms with Crippen LogP contribution in [0.4, 0.5) is 17.6 Å². The molecule has 0 radical (unpaired) electrons. The molecule has 7 heteroatoms. The zero-order chi connectivity index (χ0) is 13.9. The number of hydrogen-bond acceptors (Lipinski definition) is 3. The van der Waals surface area contributed by atoms with Gasteiger partial charge in [-0.2, -0.15) is 13.2 Å². The van der Waals surface area contributed by atoms with Crippen molar-refractivity contribution in [2.75, 3.05) is 7.11 Å². The first-order valence-electron chi connectivity index (χ1n) is 4.86. The van der Waals surface area contributed by atoms with Crippen molar-refractivity contribution >= 4 is 5.97 Å². The van der Waals surface area contributed by atoms with Crippen molar-refractivity contribution < 1.29 is 32.2 Å². The van der Waals surface area contributed by atoms with Gasteiger partial charge in [-0.05, 0) is 23.8 Å². The first kappa shape index (κ1) is 14.4. The van der Waals surface area contributed by atoms with E-state index in [1.165, 1.54) is 0 Å². The topological polar surface area (TPSA) is 46.5 Å². The van der Waals surface area contributed by atoms with Gasteiger partial charge >= 0.3 is 12.1 Å². The van der Waals surface area contributed by atoms with Gasteiger partial charge in [-0.1, -0.05) is 0 Å². The highest BCUT2D eigenvalue weighted by molar-refractivity contribution is 5.74. The van der Waals surface area contributed by atoms with Crippen LogP contribution >= 0.6 is 0 Å². The van der Waals surface area contributed by atoms with Gasteiger partial charge in [0.25, 0.3) is 0 Å². The number of hydrogen-bond donors (Lipinski definition) is 1. The first-order valence-corrected chi connectivity index (χ1v) is 4.86. The van der Waals surface area contributed by atoms with Crippen molar-refractivity contribution in [3.63, 3.8) is 0 Å². The zero-order valence-corrected chi connectivity index (χ0v) is 9.29. The van der Waals surface area contributed by atoms with Crippen molar-refractivity contribution in [2.24, 2.45) is 0 Å². The molecule has 0 amide bonds. The zero-order valence-electron chi connectivity index (χ0n) is 9.29. The van der Waals surface area contributed by atoms with Crippen LogP contribution in [0.15, 0.2) is 18.2 Å². The maximum Gasteiger partial charge on any atom is 0.416 e. The number of benzene rings is 1. The Bertz CT molecular complexity index is 442. The molecule has 0 saturated heterocycles. The van der Waals surface area contributed by atoms with E-state index in [0.717, 1.165) is 13.2 Å². The number of methoxy groups -OCH3 is 1. The molecule has 1 rings (SSSR count). The lowest BCUT2D eigenvalue weighted by Gasteiger charge is -2.11. The maximum atomic E-state index is 13.0. The average Bonchev–Trinajstić information content (AvgIpc) is 2.25. The van der Waals surface area contributed by atoms with Gasteiger partial charge < -0.3 is 9.84 Å². The quantitative estimate of drug-likeness (QED) is 0.671. The van der Waals surface area contributed by atoms with Crippen molar-refractivity contribution in [3.8, 4) is 0 Å². The third-order valence-corrected chi connectivity index (χ3v) is 2.19. The highest BCUT2D eigenvalue weighted by Gasteiger charge is 2.31. The Balaban J connectivity index is 2.97. The van der Waals surface area contributed by atoms with Crippen LogP contribution in [0, 0.1) is 5.82 Å². The van der Waals surface area contributed by atoms with E-state index >= 15 is 0 Å². The molecule has 100 valence electrons. The summed E-state index contributed by atoms with van der Waals surface area (Å²) in [7, 11) is 1.03. The van der Waals surface area contributed by atoms with Crippen LogP contribution in [0.3, 0.4) is 0 Å². The molecule has 1 atom stereocenters. The average molecular weight is 266 g/mol. The lowest BCUT2D eigenvalue weighted by molar-refractivity contribution is -0.150. The Morgan fingerprint density at radius 2 is 2.00 bits per heavy atom. The van der Waals surface area contributed by atoms with Crippen LogP contribution in [0.1, 0.15) is 11.1 Å². The third-order valence-electron chi connectivity index (χ3n) is 2.19. The van der Waals surface area contributed by atoms with Gasteiger partial charge in [0, 0.05) is 6.42 Å². The third kappa shape index (κ3) is 3.69. The molecule has 0 fully saturated rings. The van der Waals surface area contributed by atoms with Crippen molar-refractivity contribution in [1.82, 2.24) is 0 Å². The first-order chi connectivity index (χ1) is 8.24. The van der Waals surface area contributed by atoms with Gasteiger partial charge in [0.15, 0.2) is 6.10 Å². The smallest absolute Gasteiger partial charge is 0.416 e. The van der Waals surface area contributed by atoms with Crippen LogP contribution in [0.25, 0.3) is 0 Å². The molecule has 1 aromatic rings. The van der Waals surface area contributed by atoms with Crippen molar-refractivity contribution in [1.29, 1.82) is 0 Å². The summed E-state index contributed by atoms with van der Waals surface area (Å²) in [6.07, 6.45) is -6.77. The minimum absolute atomic E-state index is 0.139. The van der Waals surface area contributed by atoms with Gasteiger partial charge in [0.2, 0.25) is 0 Å². The molecule has 0 spiro atoms. The summed E-state index contributed by atoms with van der Waals surface area (Å²) < 4.78 is 54.4. The number of carbonyl (C=O) groups is 1. The molecule has 0 aliphatic rings. The molecular formula is C11H10F4O3. The second-order valence-electron chi connectivity index (χ2n) is 3.59. The van der Waals surface area contributed by atoms with Crippen LogP contribution in [-0.2, 0) is 22.1 Å². The second-order valence-corrected chi connectivity index (χ2v) is 3.59. The van der Waals surface area contributed by atoms with Crippen molar-refractivity contribution in [3.05, 3.63) is 35.1 Å². The van der Waals surface area contributed by atoms with E-state index < -0.39 is 36.1 Å².